The minimum atomic E-state index is -4.27. The van der Waals surface area contributed by atoms with Gasteiger partial charge in [0, 0.05) is 11.6 Å². The summed E-state index contributed by atoms with van der Waals surface area (Å²) in [5, 5.41) is 4.24. The van der Waals surface area contributed by atoms with E-state index in [-0.39, 0.29) is 0 Å². The fourth-order valence-electron chi connectivity index (χ4n) is 1.24. The largest absolute Gasteiger partial charge is 0.408 e. The van der Waals surface area contributed by atoms with Crippen LogP contribution in [0.25, 0.3) is 10.9 Å². The number of pyridine rings is 1. The fourth-order valence-corrected chi connectivity index (χ4v) is 1.56. The van der Waals surface area contributed by atoms with Crippen molar-refractivity contribution in [3.63, 3.8) is 0 Å². The molecule has 2 aromatic rings. The van der Waals surface area contributed by atoms with Gasteiger partial charge in [-0.1, -0.05) is 0 Å². The van der Waals surface area contributed by atoms with Gasteiger partial charge in [-0.15, -0.1) is 0 Å². The van der Waals surface area contributed by atoms with Gasteiger partial charge in [0.2, 0.25) is 0 Å². The third kappa shape index (κ3) is 2.28. The molecule has 0 fully saturated rings. The molecule has 0 N–H and O–H groups in total. The first kappa shape index (κ1) is 10.4. The summed E-state index contributed by atoms with van der Waals surface area (Å²) in [5.41, 5.74) is 0.411. The molecule has 0 spiro atoms. The molecular weight excluding hydrogens is 275 g/mol. The normalized spacial score (nSPS) is 12.3. The van der Waals surface area contributed by atoms with E-state index in [0.717, 1.165) is 4.68 Å². The minimum absolute atomic E-state index is 0.411. The molecule has 2 heterocycles. The van der Waals surface area contributed by atoms with Gasteiger partial charge in [0.15, 0.2) is 0 Å². The molecule has 0 radical (unpaired) electrons. The van der Waals surface area contributed by atoms with Crippen molar-refractivity contribution in [2.75, 3.05) is 0 Å². The number of rotatable bonds is 1. The lowest BCUT2D eigenvalue weighted by Gasteiger charge is -2.07. The predicted octanol–water partition coefficient (Wildman–Crippen LogP) is 2.76. The van der Waals surface area contributed by atoms with Crippen molar-refractivity contribution in [3.8, 4) is 0 Å². The Labute approximate surface area is 91.0 Å². The maximum atomic E-state index is 12.2. The lowest BCUT2D eigenvalue weighted by atomic mass is 10.3. The molecule has 80 valence electrons. The second-order valence-electron chi connectivity index (χ2n) is 2.98. The van der Waals surface area contributed by atoms with Crippen LogP contribution in [0.3, 0.4) is 0 Å². The van der Waals surface area contributed by atoms with Crippen LogP contribution >= 0.6 is 15.9 Å². The van der Waals surface area contributed by atoms with Gasteiger partial charge in [-0.2, -0.15) is 18.3 Å². The summed E-state index contributed by atoms with van der Waals surface area (Å²) >= 11 is 3.10. The van der Waals surface area contributed by atoms with Crippen LogP contribution in [0.15, 0.2) is 23.1 Å². The maximum Gasteiger partial charge on any atom is 0.408 e. The summed E-state index contributed by atoms with van der Waals surface area (Å²) in [4.78, 5) is 3.90. The molecule has 2 rings (SSSR count). The van der Waals surface area contributed by atoms with E-state index in [4.69, 9.17) is 0 Å². The molecule has 15 heavy (non-hydrogen) atoms. The van der Waals surface area contributed by atoms with Crippen molar-refractivity contribution < 1.29 is 13.2 Å². The first-order valence-corrected chi connectivity index (χ1v) is 4.79. The Morgan fingerprint density at radius 3 is 2.73 bits per heavy atom. The van der Waals surface area contributed by atoms with Crippen LogP contribution in [0.5, 0.6) is 0 Å². The van der Waals surface area contributed by atoms with Gasteiger partial charge in [0.05, 0.1) is 11.7 Å². The summed E-state index contributed by atoms with van der Waals surface area (Å²) in [6, 6.07) is 1.51. The summed E-state index contributed by atoms with van der Waals surface area (Å²) in [6.45, 7) is -1.09. The highest BCUT2D eigenvalue weighted by atomic mass is 79.9. The van der Waals surface area contributed by atoms with E-state index in [9.17, 15) is 13.2 Å². The van der Waals surface area contributed by atoms with Crippen molar-refractivity contribution in [1.82, 2.24) is 14.8 Å². The van der Waals surface area contributed by atoms with Crippen LogP contribution in [-0.2, 0) is 6.54 Å². The van der Waals surface area contributed by atoms with E-state index >= 15 is 0 Å². The molecule has 0 atom stereocenters. The molecule has 0 saturated carbocycles. The lowest BCUT2D eigenvalue weighted by molar-refractivity contribution is -0.141. The average molecular weight is 280 g/mol. The summed E-state index contributed by atoms with van der Waals surface area (Å²) in [5.74, 6) is 0. The molecule has 0 aliphatic carbocycles. The number of alkyl halides is 3. The van der Waals surface area contributed by atoms with E-state index in [2.05, 4.69) is 26.0 Å². The molecule has 0 bridgehead atoms. The predicted molar refractivity (Wildman–Crippen MR) is 51.3 cm³/mol. The fraction of sp³-hybridized carbons (Fsp3) is 0.250. The molecule has 0 amide bonds. The zero-order chi connectivity index (χ0) is 11.1. The van der Waals surface area contributed by atoms with Gasteiger partial charge in [-0.25, -0.2) is 4.98 Å². The third-order valence-electron chi connectivity index (χ3n) is 1.82. The smallest absolute Gasteiger partial charge is 0.256 e. The Bertz CT molecular complexity index is 491. The van der Waals surface area contributed by atoms with Crippen LogP contribution in [0.2, 0.25) is 0 Å². The maximum absolute atomic E-state index is 12.2. The topological polar surface area (TPSA) is 30.7 Å². The van der Waals surface area contributed by atoms with E-state index in [1.165, 1.54) is 18.5 Å². The Balaban J connectivity index is 2.48. The number of hydrogen-bond donors (Lipinski definition) is 0. The van der Waals surface area contributed by atoms with E-state index in [1.807, 2.05) is 0 Å². The first-order chi connectivity index (χ1) is 6.96. The van der Waals surface area contributed by atoms with Gasteiger partial charge >= 0.3 is 6.18 Å². The Kier molecular flexibility index (Phi) is 2.41. The van der Waals surface area contributed by atoms with Gasteiger partial charge in [-0.05, 0) is 22.0 Å². The SMILES string of the molecule is FC(F)(F)Cn1ncc2cnc(Br)cc21. The van der Waals surface area contributed by atoms with Gasteiger partial charge in [-0.3, -0.25) is 4.68 Å². The molecule has 0 aliphatic rings. The van der Waals surface area contributed by atoms with Crippen LogP contribution in [0.4, 0.5) is 13.2 Å². The molecule has 2 aromatic heterocycles. The van der Waals surface area contributed by atoms with Crippen molar-refractivity contribution in [2.45, 2.75) is 12.7 Å². The molecule has 0 saturated heterocycles. The van der Waals surface area contributed by atoms with E-state index in [1.54, 1.807) is 0 Å². The molecule has 3 nitrogen and oxygen atoms in total. The molecular formula is C8H5BrF3N3. The molecule has 0 unspecified atom stereocenters. The third-order valence-corrected chi connectivity index (χ3v) is 2.26. The van der Waals surface area contributed by atoms with Gasteiger partial charge in [0.1, 0.15) is 11.1 Å². The van der Waals surface area contributed by atoms with Crippen LogP contribution in [0, 0.1) is 0 Å². The standard InChI is InChI=1S/C8H5BrF3N3/c9-7-1-6-5(2-13-7)3-14-15(6)4-8(10,11)12/h1-3H,4H2. The Hall–Kier alpha value is -1.11. The second kappa shape index (κ2) is 3.48. The minimum Gasteiger partial charge on any atom is -0.256 e. The zero-order valence-electron chi connectivity index (χ0n) is 7.29. The number of aromatic nitrogens is 3. The van der Waals surface area contributed by atoms with Gasteiger partial charge < -0.3 is 0 Å². The Morgan fingerprint density at radius 2 is 2.07 bits per heavy atom. The van der Waals surface area contributed by atoms with Crippen molar-refractivity contribution in [2.24, 2.45) is 0 Å². The van der Waals surface area contributed by atoms with Crippen molar-refractivity contribution in [3.05, 3.63) is 23.1 Å². The average Bonchev–Trinajstić information content (AvgIpc) is 2.46. The van der Waals surface area contributed by atoms with Gasteiger partial charge in [0.25, 0.3) is 0 Å². The second-order valence-corrected chi connectivity index (χ2v) is 3.80. The number of halogens is 4. The number of fused-ring (bicyclic) bond motifs is 1. The highest BCUT2D eigenvalue weighted by Gasteiger charge is 2.29. The highest BCUT2D eigenvalue weighted by molar-refractivity contribution is 9.10. The highest BCUT2D eigenvalue weighted by Crippen LogP contribution is 2.22. The lowest BCUT2D eigenvalue weighted by Crippen LogP contribution is -2.18. The Morgan fingerprint density at radius 1 is 1.33 bits per heavy atom. The summed E-state index contributed by atoms with van der Waals surface area (Å²) in [7, 11) is 0. The molecule has 0 aromatic carbocycles. The number of hydrogen-bond acceptors (Lipinski definition) is 2. The van der Waals surface area contributed by atoms with Crippen LogP contribution in [0.1, 0.15) is 0 Å². The summed E-state index contributed by atoms with van der Waals surface area (Å²) in [6.07, 6.45) is -1.44. The van der Waals surface area contributed by atoms with Crippen LogP contribution in [-0.4, -0.2) is 20.9 Å². The first-order valence-electron chi connectivity index (χ1n) is 3.99. The van der Waals surface area contributed by atoms with Crippen LogP contribution < -0.4 is 0 Å². The zero-order valence-corrected chi connectivity index (χ0v) is 8.88. The van der Waals surface area contributed by atoms with E-state index in [0.29, 0.717) is 15.5 Å². The summed E-state index contributed by atoms with van der Waals surface area (Å²) < 4.78 is 37.9. The quantitative estimate of drug-likeness (QED) is 0.752. The number of nitrogens with zero attached hydrogens (tertiary/aromatic N) is 3. The van der Waals surface area contributed by atoms with E-state index < -0.39 is 12.7 Å². The van der Waals surface area contributed by atoms with Crippen molar-refractivity contribution in [1.29, 1.82) is 0 Å². The molecule has 7 heteroatoms. The molecule has 0 aliphatic heterocycles. The van der Waals surface area contributed by atoms with Crippen molar-refractivity contribution >= 4 is 26.8 Å². The monoisotopic (exact) mass is 279 g/mol.